The van der Waals surface area contributed by atoms with E-state index < -0.39 is 0 Å². The lowest BCUT2D eigenvalue weighted by molar-refractivity contribution is 0.0630. The smallest absolute Gasteiger partial charge is 0.259 e. The lowest BCUT2D eigenvalue weighted by atomic mass is 10.1. The Labute approximate surface area is 188 Å². The molecule has 0 atom stereocenters. The largest absolute Gasteiger partial charge is 0.336 e. The van der Waals surface area contributed by atoms with Crippen LogP contribution in [0.4, 0.5) is 0 Å². The molecule has 4 aromatic rings. The molecule has 5 rings (SSSR count). The van der Waals surface area contributed by atoms with Crippen LogP contribution in [0.15, 0.2) is 67.0 Å². The summed E-state index contributed by atoms with van der Waals surface area (Å²) in [5.41, 5.74) is 7.02. The van der Waals surface area contributed by atoms with Crippen molar-refractivity contribution in [2.45, 2.75) is 20.4 Å². The Morgan fingerprint density at radius 2 is 1.69 bits per heavy atom. The number of amides is 1. The molecule has 1 fully saturated rings. The third kappa shape index (κ3) is 3.89. The predicted molar refractivity (Wildman–Crippen MR) is 126 cm³/mol. The van der Waals surface area contributed by atoms with Gasteiger partial charge >= 0.3 is 0 Å². The normalized spacial score (nSPS) is 14.8. The summed E-state index contributed by atoms with van der Waals surface area (Å²) in [5, 5.41) is 4.51. The molecule has 3 heterocycles. The van der Waals surface area contributed by atoms with Gasteiger partial charge in [0.1, 0.15) is 5.56 Å². The quantitative estimate of drug-likeness (QED) is 0.496. The van der Waals surface area contributed by atoms with Gasteiger partial charge in [0, 0.05) is 44.5 Å². The number of piperazine rings is 1. The average molecular weight is 426 g/mol. The van der Waals surface area contributed by atoms with Crippen LogP contribution in [0, 0.1) is 13.8 Å². The molecule has 0 spiro atoms. The van der Waals surface area contributed by atoms with Gasteiger partial charge in [0.25, 0.3) is 5.91 Å². The summed E-state index contributed by atoms with van der Waals surface area (Å²) in [6.45, 7) is 8.28. The number of carbonyl (C=O) groups is 1. The van der Waals surface area contributed by atoms with E-state index in [1.54, 1.807) is 16.9 Å². The predicted octanol–water partition coefficient (Wildman–Crippen LogP) is 3.97. The van der Waals surface area contributed by atoms with Gasteiger partial charge in [-0.2, -0.15) is 5.10 Å². The molecule has 1 aliphatic rings. The average Bonchev–Trinajstić information content (AvgIpc) is 3.26. The van der Waals surface area contributed by atoms with Crippen LogP contribution in [0.1, 0.15) is 27.0 Å². The van der Waals surface area contributed by atoms with E-state index in [1.165, 1.54) is 16.7 Å². The molecule has 2 aromatic heterocycles. The van der Waals surface area contributed by atoms with Crippen molar-refractivity contribution in [2.24, 2.45) is 0 Å². The zero-order chi connectivity index (χ0) is 22.1. The maximum absolute atomic E-state index is 13.3. The van der Waals surface area contributed by atoms with Gasteiger partial charge in [0.2, 0.25) is 0 Å². The third-order valence-electron chi connectivity index (χ3n) is 6.29. The van der Waals surface area contributed by atoms with Gasteiger partial charge in [-0.1, -0.05) is 54.1 Å². The van der Waals surface area contributed by atoms with E-state index in [-0.39, 0.29) is 5.91 Å². The van der Waals surface area contributed by atoms with Crippen LogP contribution in [0.3, 0.4) is 0 Å². The number of nitrogens with zero attached hydrogens (tertiary/aromatic N) is 5. The molecule has 1 saturated heterocycles. The Morgan fingerprint density at radius 3 is 2.44 bits per heavy atom. The van der Waals surface area contributed by atoms with Gasteiger partial charge in [-0.15, -0.1) is 0 Å². The lowest BCUT2D eigenvalue weighted by Gasteiger charge is -2.34. The molecule has 6 nitrogen and oxygen atoms in total. The second-order valence-corrected chi connectivity index (χ2v) is 8.48. The summed E-state index contributed by atoms with van der Waals surface area (Å²) in [6, 6.07) is 18.7. The first-order chi connectivity index (χ1) is 15.6. The summed E-state index contributed by atoms with van der Waals surface area (Å²) in [7, 11) is 0. The molecule has 0 saturated carbocycles. The van der Waals surface area contributed by atoms with Crippen LogP contribution >= 0.6 is 0 Å². The molecule has 6 heteroatoms. The van der Waals surface area contributed by atoms with Crippen molar-refractivity contribution in [1.82, 2.24) is 24.4 Å². The summed E-state index contributed by atoms with van der Waals surface area (Å²) < 4.78 is 1.77. The number of rotatable bonds is 4. The van der Waals surface area contributed by atoms with Gasteiger partial charge in [-0.05, 0) is 31.0 Å². The van der Waals surface area contributed by atoms with Gasteiger partial charge in [0.05, 0.1) is 11.9 Å². The van der Waals surface area contributed by atoms with Crippen LogP contribution < -0.4 is 0 Å². The van der Waals surface area contributed by atoms with E-state index in [2.05, 4.69) is 77.4 Å². The Hall–Kier alpha value is -3.51. The van der Waals surface area contributed by atoms with Crippen molar-refractivity contribution < 1.29 is 4.79 Å². The minimum atomic E-state index is 0.00379. The maximum atomic E-state index is 13.3. The van der Waals surface area contributed by atoms with Gasteiger partial charge in [-0.3, -0.25) is 9.69 Å². The fraction of sp³-hybridized carbons (Fsp3) is 0.269. The molecule has 1 amide bonds. The highest BCUT2D eigenvalue weighted by Crippen LogP contribution is 2.22. The number of hydrogen-bond acceptors (Lipinski definition) is 4. The minimum Gasteiger partial charge on any atom is -0.336 e. The minimum absolute atomic E-state index is 0.00379. The summed E-state index contributed by atoms with van der Waals surface area (Å²) in [6.07, 6.45) is 3.41. The molecule has 0 radical (unpaired) electrons. The highest BCUT2D eigenvalue weighted by Gasteiger charge is 2.25. The Balaban J connectivity index is 1.32. The fourth-order valence-electron chi connectivity index (χ4n) is 4.29. The van der Waals surface area contributed by atoms with Crippen LogP contribution in [-0.4, -0.2) is 56.5 Å². The Bertz CT molecular complexity index is 1250. The number of benzene rings is 2. The highest BCUT2D eigenvalue weighted by molar-refractivity contribution is 6.00. The van der Waals surface area contributed by atoms with Gasteiger partial charge in [-0.25, -0.2) is 9.50 Å². The molecular weight excluding hydrogens is 398 g/mol. The van der Waals surface area contributed by atoms with E-state index in [0.29, 0.717) is 24.3 Å². The van der Waals surface area contributed by atoms with Crippen molar-refractivity contribution >= 4 is 11.6 Å². The van der Waals surface area contributed by atoms with E-state index in [0.717, 1.165) is 30.9 Å². The van der Waals surface area contributed by atoms with Crippen molar-refractivity contribution in [1.29, 1.82) is 0 Å². The molecular formula is C26H27N5O. The van der Waals surface area contributed by atoms with Crippen LogP contribution in [0.25, 0.3) is 16.9 Å². The third-order valence-corrected chi connectivity index (χ3v) is 6.29. The summed E-state index contributed by atoms with van der Waals surface area (Å²) in [4.78, 5) is 22.1. The number of hydrogen-bond donors (Lipinski definition) is 0. The fourth-order valence-corrected chi connectivity index (χ4v) is 4.29. The molecule has 0 unspecified atom stereocenters. The first-order valence-corrected chi connectivity index (χ1v) is 11.1. The molecule has 0 bridgehead atoms. The number of fused-ring (bicyclic) bond motifs is 1. The molecule has 32 heavy (non-hydrogen) atoms. The zero-order valence-electron chi connectivity index (χ0n) is 18.5. The molecule has 0 N–H and O–H groups in total. The first kappa shape index (κ1) is 20.4. The van der Waals surface area contributed by atoms with Crippen molar-refractivity contribution in [3.63, 3.8) is 0 Å². The van der Waals surface area contributed by atoms with E-state index >= 15 is 0 Å². The summed E-state index contributed by atoms with van der Waals surface area (Å²) >= 11 is 0. The lowest BCUT2D eigenvalue weighted by Crippen LogP contribution is -2.48. The standard InChI is InChI=1S/C26H27N5O/c1-19-7-9-21(10-8-19)24-11-12-27-25-23(17-28-31(24)25)26(32)30-15-13-29(14-16-30)18-22-6-4-3-5-20(22)2/h3-12,17H,13-16,18H2,1-2H3. The van der Waals surface area contributed by atoms with E-state index in [9.17, 15) is 4.79 Å². The van der Waals surface area contributed by atoms with E-state index in [1.807, 2.05) is 11.0 Å². The SMILES string of the molecule is Cc1ccc(-c2ccnc3c(C(=O)N4CCN(Cc5ccccc5C)CC4)cnn23)cc1. The van der Waals surface area contributed by atoms with Crippen molar-refractivity contribution in [2.75, 3.05) is 26.2 Å². The van der Waals surface area contributed by atoms with Crippen molar-refractivity contribution in [3.8, 4) is 11.3 Å². The van der Waals surface area contributed by atoms with Gasteiger partial charge in [0.15, 0.2) is 5.65 Å². The van der Waals surface area contributed by atoms with Crippen LogP contribution in [-0.2, 0) is 6.54 Å². The van der Waals surface area contributed by atoms with E-state index in [4.69, 9.17) is 0 Å². The highest BCUT2D eigenvalue weighted by atomic mass is 16.2. The van der Waals surface area contributed by atoms with Gasteiger partial charge < -0.3 is 4.90 Å². The Morgan fingerprint density at radius 1 is 0.938 bits per heavy atom. The second kappa shape index (κ2) is 8.55. The maximum Gasteiger partial charge on any atom is 0.259 e. The zero-order valence-corrected chi connectivity index (χ0v) is 18.5. The topological polar surface area (TPSA) is 53.7 Å². The van der Waals surface area contributed by atoms with Crippen LogP contribution in [0.2, 0.25) is 0 Å². The number of aromatic nitrogens is 3. The first-order valence-electron chi connectivity index (χ1n) is 11.1. The number of aryl methyl sites for hydroxylation is 2. The number of carbonyl (C=O) groups excluding carboxylic acids is 1. The molecule has 2 aromatic carbocycles. The monoisotopic (exact) mass is 425 g/mol. The van der Waals surface area contributed by atoms with Crippen LogP contribution in [0.5, 0.6) is 0 Å². The molecule has 1 aliphatic heterocycles. The molecule has 162 valence electrons. The second-order valence-electron chi connectivity index (χ2n) is 8.48. The molecule has 0 aliphatic carbocycles. The summed E-state index contributed by atoms with van der Waals surface area (Å²) in [5.74, 6) is 0.00379. The Kier molecular flexibility index (Phi) is 5.45. The van der Waals surface area contributed by atoms with Crippen molar-refractivity contribution in [3.05, 3.63) is 89.2 Å².